The van der Waals surface area contributed by atoms with Gasteiger partial charge in [0.1, 0.15) is 5.75 Å². The number of carbonyl (C=O) groups is 2. The van der Waals surface area contributed by atoms with Gasteiger partial charge in [0.15, 0.2) is 5.60 Å². The van der Waals surface area contributed by atoms with Gasteiger partial charge in [-0.1, -0.05) is 35.9 Å². The molecule has 1 spiro atoms. The predicted octanol–water partition coefficient (Wildman–Crippen LogP) is 4.34. The average molecular weight is 608 g/mol. The summed E-state index contributed by atoms with van der Waals surface area (Å²) in [5, 5.41) is 12.4. The van der Waals surface area contributed by atoms with Crippen molar-refractivity contribution in [2.24, 2.45) is 17.6 Å². The summed E-state index contributed by atoms with van der Waals surface area (Å²) in [6.07, 6.45) is 9.55. The minimum atomic E-state index is -2.16. The van der Waals surface area contributed by atoms with E-state index in [9.17, 15) is 14.7 Å². The number of amides is 2. The molecule has 5 atom stereocenters. The van der Waals surface area contributed by atoms with E-state index >= 15 is 0 Å². The second-order valence-electron chi connectivity index (χ2n) is 12.9. The maximum Gasteiger partial charge on any atom is 0.254 e. The number of aliphatic hydroxyl groups is 1. The van der Waals surface area contributed by atoms with E-state index in [1.165, 1.54) is 16.0 Å². The number of halogens is 1. The zero-order chi connectivity index (χ0) is 30.4. The van der Waals surface area contributed by atoms with Crippen molar-refractivity contribution in [1.29, 1.82) is 0 Å². The van der Waals surface area contributed by atoms with Crippen LogP contribution < -0.4 is 15.4 Å². The summed E-state index contributed by atoms with van der Waals surface area (Å²) in [5.74, 6) is 0.135. The third-order valence-corrected chi connectivity index (χ3v) is 10.6. The normalized spacial score (nSPS) is 31.7. The van der Waals surface area contributed by atoms with Crippen LogP contribution in [0.15, 0.2) is 48.6 Å². The molecule has 43 heavy (non-hydrogen) atoms. The van der Waals surface area contributed by atoms with E-state index < -0.39 is 17.9 Å². The number of methoxy groups -OCH3 is 1. The number of hydrogen-bond acceptors (Lipinski definition) is 6. The predicted molar refractivity (Wildman–Crippen MR) is 166 cm³/mol. The van der Waals surface area contributed by atoms with Crippen molar-refractivity contribution >= 4 is 29.1 Å². The number of primary amides is 1. The van der Waals surface area contributed by atoms with Crippen molar-refractivity contribution in [2.75, 3.05) is 45.3 Å². The molecule has 230 valence electrons. The summed E-state index contributed by atoms with van der Waals surface area (Å²) in [5.41, 5.74) is 7.03. The monoisotopic (exact) mass is 607 g/mol. The molecule has 2 amide bonds. The van der Waals surface area contributed by atoms with Crippen LogP contribution >= 0.6 is 11.6 Å². The van der Waals surface area contributed by atoms with E-state index in [4.69, 9.17) is 26.8 Å². The molecule has 2 heterocycles. The molecule has 1 unspecified atom stereocenters. The van der Waals surface area contributed by atoms with Crippen LogP contribution in [0.2, 0.25) is 5.02 Å². The standard InChI is InChI=1S/C34H42ClN3O5/c1-37-15-4-3-7-29(42-2)26-11-8-23(26)19-38-20-33(14-5-6-22-16-25(35)10-12-27(22)33)21-43-30-13-9-24(17-28(30)38)34(41,32(36)40)18-31(37)39/h3,7,9-10,12-13,16-17,23,26,29,41H,4-6,8,11,14-15,18-21H2,1-2H3,(H2,36,40)/b7-3+/t23-,26+,29-,33-,34?/m0/s1. The number of aryl methyl sites for hydroxylation is 1. The van der Waals surface area contributed by atoms with Gasteiger partial charge in [0.05, 0.1) is 24.8 Å². The first-order valence-corrected chi connectivity index (χ1v) is 15.8. The lowest BCUT2D eigenvalue weighted by Crippen LogP contribution is -2.49. The van der Waals surface area contributed by atoms with E-state index in [0.717, 1.165) is 49.4 Å². The Labute approximate surface area is 258 Å². The van der Waals surface area contributed by atoms with Crippen LogP contribution in [0.25, 0.3) is 0 Å². The molecule has 4 aliphatic rings. The van der Waals surface area contributed by atoms with Crippen molar-refractivity contribution in [3.63, 3.8) is 0 Å². The molecule has 2 aliphatic carbocycles. The van der Waals surface area contributed by atoms with Gasteiger partial charge < -0.3 is 30.1 Å². The molecule has 6 rings (SSSR count). The van der Waals surface area contributed by atoms with E-state index in [2.05, 4.69) is 29.2 Å². The molecule has 9 heteroatoms. The Morgan fingerprint density at radius 3 is 2.79 bits per heavy atom. The van der Waals surface area contributed by atoms with Crippen LogP contribution in [0, 0.1) is 11.8 Å². The number of nitrogens with zero attached hydrogens (tertiary/aromatic N) is 2. The number of rotatable bonds is 2. The van der Waals surface area contributed by atoms with Gasteiger partial charge in [-0.3, -0.25) is 9.59 Å². The molecule has 0 radical (unpaired) electrons. The second-order valence-corrected chi connectivity index (χ2v) is 13.4. The summed E-state index contributed by atoms with van der Waals surface area (Å²) in [7, 11) is 3.45. The van der Waals surface area contributed by atoms with Crippen molar-refractivity contribution in [3.8, 4) is 5.75 Å². The van der Waals surface area contributed by atoms with Crippen LogP contribution in [-0.2, 0) is 31.8 Å². The number of anilines is 1. The first-order valence-electron chi connectivity index (χ1n) is 15.4. The fraction of sp³-hybridized carbons (Fsp3) is 0.529. The van der Waals surface area contributed by atoms with Crippen LogP contribution in [0.3, 0.4) is 0 Å². The first kappa shape index (κ1) is 30.0. The molecular weight excluding hydrogens is 566 g/mol. The Hall–Kier alpha value is -3.07. The highest BCUT2D eigenvalue weighted by Gasteiger charge is 2.46. The third-order valence-electron chi connectivity index (χ3n) is 10.3. The lowest BCUT2D eigenvalue weighted by Gasteiger charge is -2.46. The zero-order valence-corrected chi connectivity index (χ0v) is 25.8. The third kappa shape index (κ3) is 5.54. The fourth-order valence-electron chi connectivity index (χ4n) is 7.61. The Kier molecular flexibility index (Phi) is 8.22. The van der Waals surface area contributed by atoms with Gasteiger partial charge in [-0.2, -0.15) is 0 Å². The Morgan fingerprint density at radius 2 is 2.05 bits per heavy atom. The smallest absolute Gasteiger partial charge is 0.254 e. The number of carbonyl (C=O) groups excluding carboxylic acids is 2. The number of hydrogen-bond donors (Lipinski definition) is 2. The zero-order valence-electron chi connectivity index (χ0n) is 25.1. The molecule has 1 fully saturated rings. The maximum atomic E-state index is 13.2. The number of fused-ring (bicyclic) bond motifs is 4. The number of ether oxygens (including phenoxy) is 2. The Balaban J connectivity index is 1.46. The van der Waals surface area contributed by atoms with Crippen molar-refractivity contribution in [3.05, 3.63) is 70.3 Å². The highest BCUT2D eigenvalue weighted by molar-refractivity contribution is 6.30. The number of benzene rings is 2. The molecule has 2 aromatic rings. The number of nitrogens with two attached hydrogens (primary N) is 1. The summed E-state index contributed by atoms with van der Waals surface area (Å²) in [6.45, 7) is 2.45. The van der Waals surface area contributed by atoms with E-state index in [-0.39, 0.29) is 17.4 Å². The minimum Gasteiger partial charge on any atom is -0.490 e. The second kappa shape index (κ2) is 11.8. The van der Waals surface area contributed by atoms with Gasteiger partial charge in [0, 0.05) is 44.2 Å². The minimum absolute atomic E-state index is 0.00634. The SMILES string of the molecule is CO[C@H]1/C=C/CCN(C)C(=O)CC(O)(C(N)=O)c2ccc3c(c2)N(C[C@@H]2CC[C@H]21)C[C@@]1(CCCc2cc(Cl)ccc21)CO3. The van der Waals surface area contributed by atoms with Crippen LogP contribution in [0.1, 0.15) is 55.2 Å². The summed E-state index contributed by atoms with van der Waals surface area (Å²) in [6, 6.07) is 11.5. The van der Waals surface area contributed by atoms with Gasteiger partial charge in [0.2, 0.25) is 5.91 Å². The fourth-order valence-corrected chi connectivity index (χ4v) is 7.81. The average Bonchev–Trinajstić information content (AvgIpc) is 3.12. The molecule has 2 bridgehead atoms. The molecule has 0 saturated heterocycles. The largest absolute Gasteiger partial charge is 0.490 e. The Morgan fingerprint density at radius 1 is 1.21 bits per heavy atom. The van der Waals surface area contributed by atoms with Gasteiger partial charge in [-0.15, -0.1) is 0 Å². The molecule has 2 aromatic carbocycles. The van der Waals surface area contributed by atoms with Crippen LogP contribution in [-0.4, -0.2) is 68.3 Å². The summed E-state index contributed by atoms with van der Waals surface area (Å²) >= 11 is 6.42. The molecule has 8 nitrogen and oxygen atoms in total. The van der Waals surface area contributed by atoms with E-state index in [1.54, 1.807) is 20.2 Å². The van der Waals surface area contributed by atoms with E-state index in [1.807, 2.05) is 18.2 Å². The topological polar surface area (TPSA) is 105 Å². The maximum absolute atomic E-state index is 13.2. The van der Waals surface area contributed by atoms with Gasteiger partial charge in [-0.05, 0) is 91.3 Å². The van der Waals surface area contributed by atoms with Gasteiger partial charge >= 0.3 is 0 Å². The first-order chi connectivity index (χ1) is 20.6. The molecule has 0 aromatic heterocycles. The van der Waals surface area contributed by atoms with Crippen molar-refractivity contribution < 1.29 is 24.2 Å². The highest BCUT2D eigenvalue weighted by atomic mass is 35.5. The van der Waals surface area contributed by atoms with Crippen LogP contribution in [0.4, 0.5) is 5.69 Å². The molecule has 3 N–H and O–H groups in total. The van der Waals surface area contributed by atoms with E-state index in [0.29, 0.717) is 49.3 Å². The summed E-state index contributed by atoms with van der Waals surface area (Å²) in [4.78, 5) is 29.9. The molecule has 1 saturated carbocycles. The van der Waals surface area contributed by atoms with Crippen molar-refractivity contribution in [1.82, 2.24) is 4.90 Å². The quantitative estimate of drug-likeness (QED) is 0.492. The molecular formula is C34H42ClN3O5. The van der Waals surface area contributed by atoms with Crippen LogP contribution in [0.5, 0.6) is 5.75 Å². The lowest BCUT2D eigenvalue weighted by atomic mass is 9.68. The molecule has 2 aliphatic heterocycles. The van der Waals surface area contributed by atoms with Gasteiger partial charge in [-0.25, -0.2) is 0 Å². The lowest BCUT2D eigenvalue weighted by molar-refractivity contribution is -0.147. The van der Waals surface area contributed by atoms with Gasteiger partial charge in [0.25, 0.3) is 5.91 Å². The Bertz CT molecular complexity index is 1430. The summed E-state index contributed by atoms with van der Waals surface area (Å²) < 4.78 is 12.6. The highest BCUT2D eigenvalue weighted by Crippen LogP contribution is 2.47. The van der Waals surface area contributed by atoms with Crippen molar-refractivity contribution in [2.45, 2.75) is 62.1 Å².